The second-order valence-corrected chi connectivity index (χ2v) is 10.6. The molecule has 0 bridgehead atoms. The Bertz CT molecular complexity index is 1440. The van der Waals surface area contributed by atoms with Crippen molar-refractivity contribution < 1.29 is 14.4 Å². The predicted molar refractivity (Wildman–Crippen MR) is 157 cm³/mol. The number of hydrogen-bond donors (Lipinski definition) is 2. The van der Waals surface area contributed by atoms with Crippen molar-refractivity contribution >= 4 is 34.8 Å². The number of nitrogens with zero attached hydrogens (tertiary/aromatic N) is 3. The second-order valence-electron chi connectivity index (χ2n) is 10.6. The number of hydrogen-bond acceptors (Lipinski definition) is 5. The minimum atomic E-state index is -0.643. The Balaban J connectivity index is 1.47. The molecule has 3 amide bonds. The standard InChI is InChI=1S/C32H35N5O3/c1-5-36(4)31(39)24-13-16-26-27(17-24)35-30(38)28(26)29(22-9-7-6-8-10-22)34-25-14-11-23(12-15-25)32(40)37-18-20(2)33-21(3)19-37/h6-17,20-21,28,33H,5,18-19H2,1-4H3,(H,35,38)/t20-,21+,28?. The average molecular weight is 538 g/mol. The summed E-state index contributed by atoms with van der Waals surface area (Å²) in [5.74, 6) is -0.933. The van der Waals surface area contributed by atoms with E-state index in [4.69, 9.17) is 4.99 Å². The van der Waals surface area contributed by atoms with Gasteiger partial charge in [0.15, 0.2) is 0 Å². The van der Waals surface area contributed by atoms with Crippen LogP contribution in [-0.2, 0) is 4.79 Å². The number of amides is 3. The molecule has 40 heavy (non-hydrogen) atoms. The first-order chi connectivity index (χ1) is 19.2. The van der Waals surface area contributed by atoms with Crippen molar-refractivity contribution in [3.8, 4) is 0 Å². The quantitative estimate of drug-likeness (QED) is 0.454. The number of carbonyl (C=O) groups is 3. The monoisotopic (exact) mass is 537 g/mol. The van der Waals surface area contributed by atoms with Gasteiger partial charge >= 0.3 is 0 Å². The first kappa shape index (κ1) is 27.3. The maximum atomic E-state index is 13.3. The number of anilines is 1. The van der Waals surface area contributed by atoms with Crippen LogP contribution in [0.25, 0.3) is 0 Å². The summed E-state index contributed by atoms with van der Waals surface area (Å²) in [7, 11) is 1.75. The van der Waals surface area contributed by atoms with E-state index >= 15 is 0 Å². The molecule has 1 unspecified atom stereocenters. The van der Waals surface area contributed by atoms with Crippen molar-refractivity contribution in [2.45, 2.75) is 38.8 Å². The van der Waals surface area contributed by atoms with Gasteiger partial charge in [0.05, 0.1) is 11.4 Å². The van der Waals surface area contributed by atoms with Gasteiger partial charge in [-0.2, -0.15) is 0 Å². The molecular formula is C32H35N5O3. The van der Waals surface area contributed by atoms with E-state index in [-0.39, 0.29) is 29.8 Å². The topological polar surface area (TPSA) is 94.1 Å². The van der Waals surface area contributed by atoms with Gasteiger partial charge in [-0.05, 0) is 68.3 Å². The Morgan fingerprint density at radius 3 is 2.23 bits per heavy atom. The van der Waals surface area contributed by atoms with Crippen molar-refractivity contribution in [2.24, 2.45) is 4.99 Å². The fourth-order valence-corrected chi connectivity index (χ4v) is 5.43. The van der Waals surface area contributed by atoms with E-state index in [1.807, 2.05) is 60.4 Å². The van der Waals surface area contributed by atoms with Crippen LogP contribution >= 0.6 is 0 Å². The zero-order valence-electron chi connectivity index (χ0n) is 23.3. The van der Waals surface area contributed by atoms with Crippen molar-refractivity contribution in [2.75, 3.05) is 32.0 Å². The minimum absolute atomic E-state index is 0.00202. The highest BCUT2D eigenvalue weighted by atomic mass is 16.2. The Hall–Kier alpha value is -4.30. The summed E-state index contributed by atoms with van der Waals surface area (Å²) in [5, 5.41) is 6.41. The lowest BCUT2D eigenvalue weighted by molar-refractivity contribution is -0.115. The molecular weight excluding hydrogens is 502 g/mol. The second kappa shape index (κ2) is 11.4. The van der Waals surface area contributed by atoms with Crippen LogP contribution in [0.2, 0.25) is 0 Å². The van der Waals surface area contributed by atoms with Crippen LogP contribution in [0, 0.1) is 0 Å². The molecule has 8 heteroatoms. The molecule has 1 saturated heterocycles. The van der Waals surface area contributed by atoms with Crippen molar-refractivity contribution in [3.05, 3.63) is 95.1 Å². The van der Waals surface area contributed by atoms with Gasteiger partial charge in [0, 0.05) is 55.6 Å². The van der Waals surface area contributed by atoms with E-state index in [1.54, 1.807) is 36.2 Å². The molecule has 0 saturated carbocycles. The van der Waals surface area contributed by atoms with E-state index in [0.717, 1.165) is 11.1 Å². The Kier molecular flexibility index (Phi) is 7.80. The summed E-state index contributed by atoms with van der Waals surface area (Å²) in [6, 6.07) is 22.7. The molecule has 0 spiro atoms. The summed E-state index contributed by atoms with van der Waals surface area (Å²) in [5.41, 5.74) is 4.60. The van der Waals surface area contributed by atoms with Gasteiger partial charge in [-0.25, -0.2) is 0 Å². The number of piperazine rings is 1. The van der Waals surface area contributed by atoms with Gasteiger partial charge in [-0.15, -0.1) is 0 Å². The number of benzene rings is 3. The fraction of sp³-hybridized carbons (Fsp3) is 0.312. The molecule has 2 aliphatic rings. The highest BCUT2D eigenvalue weighted by Crippen LogP contribution is 2.37. The van der Waals surface area contributed by atoms with E-state index in [1.165, 1.54) is 0 Å². The lowest BCUT2D eigenvalue weighted by Gasteiger charge is -2.36. The third-order valence-corrected chi connectivity index (χ3v) is 7.50. The fourth-order valence-electron chi connectivity index (χ4n) is 5.43. The third-order valence-electron chi connectivity index (χ3n) is 7.50. The summed E-state index contributed by atoms with van der Waals surface area (Å²) < 4.78 is 0. The normalized spacial score (nSPS) is 20.6. The Labute approximate surface area is 235 Å². The summed E-state index contributed by atoms with van der Waals surface area (Å²) in [4.78, 5) is 47.7. The molecule has 0 aromatic heterocycles. The van der Waals surface area contributed by atoms with Crippen LogP contribution in [0.3, 0.4) is 0 Å². The van der Waals surface area contributed by atoms with Crippen molar-refractivity contribution in [1.82, 2.24) is 15.1 Å². The molecule has 2 heterocycles. The van der Waals surface area contributed by atoms with E-state index in [9.17, 15) is 14.4 Å². The molecule has 8 nitrogen and oxygen atoms in total. The highest BCUT2D eigenvalue weighted by Gasteiger charge is 2.36. The van der Waals surface area contributed by atoms with Crippen molar-refractivity contribution in [3.63, 3.8) is 0 Å². The van der Waals surface area contributed by atoms with Crippen LogP contribution < -0.4 is 10.6 Å². The number of fused-ring (bicyclic) bond motifs is 1. The molecule has 3 atom stereocenters. The predicted octanol–water partition coefficient (Wildman–Crippen LogP) is 4.46. The van der Waals surface area contributed by atoms with Crippen LogP contribution in [0.15, 0.2) is 77.8 Å². The number of carbonyl (C=O) groups excluding carboxylic acids is 3. The number of nitrogens with one attached hydrogen (secondary N) is 2. The van der Waals surface area contributed by atoms with Crippen LogP contribution in [0.1, 0.15) is 58.5 Å². The average Bonchev–Trinajstić information content (AvgIpc) is 3.29. The molecule has 5 rings (SSSR count). The van der Waals surface area contributed by atoms with Gasteiger partial charge in [-0.1, -0.05) is 36.4 Å². The first-order valence-corrected chi connectivity index (χ1v) is 13.7. The molecule has 2 aliphatic heterocycles. The molecule has 1 fully saturated rings. The Morgan fingerprint density at radius 2 is 1.57 bits per heavy atom. The number of aliphatic imine (C=N–C) groups is 1. The molecule has 206 valence electrons. The van der Waals surface area contributed by atoms with Gasteiger partial charge in [0.25, 0.3) is 11.8 Å². The zero-order chi connectivity index (χ0) is 28.4. The molecule has 0 radical (unpaired) electrons. The van der Waals surface area contributed by atoms with Gasteiger partial charge < -0.3 is 20.4 Å². The van der Waals surface area contributed by atoms with Crippen LogP contribution in [-0.4, -0.2) is 72.0 Å². The van der Waals surface area contributed by atoms with Gasteiger partial charge in [-0.3, -0.25) is 19.4 Å². The van der Waals surface area contributed by atoms with Crippen LogP contribution in [0.4, 0.5) is 11.4 Å². The maximum absolute atomic E-state index is 13.3. The van der Waals surface area contributed by atoms with E-state index in [0.29, 0.717) is 47.8 Å². The smallest absolute Gasteiger partial charge is 0.253 e. The summed E-state index contributed by atoms with van der Waals surface area (Å²) >= 11 is 0. The molecule has 3 aromatic carbocycles. The Morgan fingerprint density at radius 1 is 0.925 bits per heavy atom. The minimum Gasteiger partial charge on any atom is -0.342 e. The summed E-state index contributed by atoms with van der Waals surface area (Å²) in [6.07, 6.45) is 0. The van der Waals surface area contributed by atoms with E-state index in [2.05, 4.69) is 24.5 Å². The van der Waals surface area contributed by atoms with Gasteiger partial charge in [0.2, 0.25) is 5.91 Å². The molecule has 2 N–H and O–H groups in total. The lowest BCUT2D eigenvalue weighted by Crippen LogP contribution is -2.55. The maximum Gasteiger partial charge on any atom is 0.253 e. The van der Waals surface area contributed by atoms with Crippen molar-refractivity contribution in [1.29, 1.82) is 0 Å². The zero-order valence-corrected chi connectivity index (χ0v) is 23.3. The highest BCUT2D eigenvalue weighted by molar-refractivity contribution is 6.24. The molecule has 3 aromatic rings. The first-order valence-electron chi connectivity index (χ1n) is 13.7. The summed E-state index contributed by atoms with van der Waals surface area (Å²) in [6.45, 7) is 8.00. The lowest BCUT2D eigenvalue weighted by atomic mass is 9.90. The van der Waals surface area contributed by atoms with E-state index < -0.39 is 5.92 Å². The number of rotatable bonds is 6. The SMILES string of the molecule is CCN(C)C(=O)c1ccc2c(c1)NC(=O)C2C(=Nc1ccc(C(=O)N2C[C@@H](C)N[C@@H](C)C2)cc1)c1ccccc1. The third kappa shape index (κ3) is 5.53. The largest absolute Gasteiger partial charge is 0.342 e. The van der Waals surface area contributed by atoms with Gasteiger partial charge in [0.1, 0.15) is 5.92 Å². The van der Waals surface area contributed by atoms with Crippen LogP contribution in [0.5, 0.6) is 0 Å². The molecule has 0 aliphatic carbocycles.